The second-order valence-corrected chi connectivity index (χ2v) is 22.4. The predicted molar refractivity (Wildman–Crippen MR) is 116 cm³/mol. The summed E-state index contributed by atoms with van der Waals surface area (Å²) < 4.78 is 11.5. The van der Waals surface area contributed by atoms with Crippen molar-refractivity contribution in [2.24, 2.45) is 5.92 Å². The Morgan fingerprint density at radius 3 is 2.04 bits per heavy atom. The number of cyclic esters (lactones) is 1. The molecule has 2 nitrogen and oxygen atoms in total. The number of hydrogen-bond donors (Lipinski definition) is 0. The number of esters is 1. The Balaban J connectivity index is 2.81. The first-order chi connectivity index (χ1) is 12.4. The Morgan fingerprint density at radius 1 is 1.08 bits per heavy atom. The summed E-state index contributed by atoms with van der Waals surface area (Å²) in [5.41, 5.74) is 2.51. The monoisotopic (exact) mass is 470 g/mol. The zero-order chi connectivity index (χ0) is 19.6. The van der Waals surface area contributed by atoms with E-state index in [0.717, 1.165) is 12.0 Å². The second kappa shape index (κ2) is 12.3. The number of unbranched alkanes of at least 4 members (excludes halogenated alkanes) is 3. The van der Waals surface area contributed by atoms with Crippen molar-refractivity contribution in [1.82, 2.24) is 0 Å². The molecule has 3 heteroatoms. The maximum atomic E-state index is 11.8. The number of ether oxygens (including phenoxy) is 1. The molecular formula is C23H42O2Sn. The molecule has 0 fully saturated rings. The van der Waals surface area contributed by atoms with Gasteiger partial charge in [-0.1, -0.05) is 0 Å². The van der Waals surface area contributed by atoms with Crippen LogP contribution < -0.4 is 0 Å². The van der Waals surface area contributed by atoms with Crippen LogP contribution in [0, 0.1) is 5.92 Å². The van der Waals surface area contributed by atoms with Gasteiger partial charge in [-0.25, -0.2) is 0 Å². The van der Waals surface area contributed by atoms with Gasteiger partial charge < -0.3 is 0 Å². The molecule has 1 aliphatic heterocycles. The molecular weight excluding hydrogens is 427 g/mol. The van der Waals surface area contributed by atoms with Gasteiger partial charge in [0.15, 0.2) is 0 Å². The van der Waals surface area contributed by atoms with Gasteiger partial charge in [0, 0.05) is 0 Å². The van der Waals surface area contributed by atoms with Gasteiger partial charge in [0.2, 0.25) is 0 Å². The zero-order valence-corrected chi connectivity index (χ0v) is 20.9. The third-order valence-corrected chi connectivity index (χ3v) is 21.9. The van der Waals surface area contributed by atoms with Crippen LogP contribution in [-0.2, 0) is 9.53 Å². The average molecular weight is 469 g/mol. The van der Waals surface area contributed by atoms with Crippen LogP contribution in [0.3, 0.4) is 0 Å². The third-order valence-electron chi connectivity index (χ3n) is 6.19. The van der Waals surface area contributed by atoms with E-state index < -0.39 is 18.4 Å². The summed E-state index contributed by atoms with van der Waals surface area (Å²) in [6, 6.07) is 0. The van der Waals surface area contributed by atoms with Crippen molar-refractivity contribution >= 4 is 24.3 Å². The molecule has 0 amide bonds. The molecule has 26 heavy (non-hydrogen) atoms. The van der Waals surface area contributed by atoms with E-state index in [1.807, 2.05) is 6.92 Å². The molecule has 0 saturated heterocycles. The van der Waals surface area contributed by atoms with Crippen molar-refractivity contribution in [3.05, 3.63) is 23.8 Å². The normalized spacial score (nSPS) is 20.7. The molecule has 0 unspecified atom stereocenters. The molecule has 1 heterocycles. The van der Waals surface area contributed by atoms with Gasteiger partial charge in [-0.3, -0.25) is 0 Å². The van der Waals surface area contributed by atoms with E-state index in [0.29, 0.717) is 5.92 Å². The molecule has 1 rings (SSSR count). The Bertz CT molecular complexity index is 459. The van der Waals surface area contributed by atoms with Crippen LogP contribution >= 0.6 is 0 Å². The van der Waals surface area contributed by atoms with E-state index in [2.05, 4.69) is 34.3 Å². The van der Waals surface area contributed by atoms with Crippen molar-refractivity contribution in [3.63, 3.8) is 0 Å². The van der Waals surface area contributed by atoms with Gasteiger partial charge in [0.25, 0.3) is 0 Å². The van der Waals surface area contributed by atoms with E-state index in [-0.39, 0.29) is 12.1 Å². The van der Waals surface area contributed by atoms with Crippen LogP contribution in [0.2, 0.25) is 17.7 Å². The molecule has 0 N–H and O–H groups in total. The molecule has 0 aromatic carbocycles. The molecule has 0 radical (unpaired) electrons. The fourth-order valence-electron chi connectivity index (χ4n) is 4.30. The molecule has 150 valence electrons. The first-order valence-corrected chi connectivity index (χ1v) is 19.0. The molecule has 0 aromatic heterocycles. The number of rotatable bonds is 13. The van der Waals surface area contributed by atoms with E-state index in [9.17, 15) is 4.79 Å². The summed E-state index contributed by atoms with van der Waals surface area (Å²) in [7, 11) is 0. The second-order valence-electron chi connectivity index (χ2n) is 8.59. The molecule has 0 aliphatic carbocycles. The van der Waals surface area contributed by atoms with Gasteiger partial charge in [0.1, 0.15) is 0 Å². The average Bonchev–Trinajstić information content (AvgIpc) is 2.60. The maximum absolute atomic E-state index is 11.8. The Hall–Kier alpha value is -0.251. The quantitative estimate of drug-likeness (QED) is 0.161. The van der Waals surface area contributed by atoms with Gasteiger partial charge >= 0.3 is 167 Å². The molecule has 0 aromatic rings. The first kappa shape index (κ1) is 23.8. The van der Waals surface area contributed by atoms with Crippen molar-refractivity contribution in [2.45, 2.75) is 103 Å². The van der Waals surface area contributed by atoms with E-state index in [1.54, 1.807) is 6.08 Å². The van der Waals surface area contributed by atoms with Gasteiger partial charge in [-0.15, -0.1) is 0 Å². The van der Waals surface area contributed by atoms with Crippen molar-refractivity contribution in [1.29, 1.82) is 0 Å². The Labute approximate surface area is 166 Å². The van der Waals surface area contributed by atoms with E-state index >= 15 is 0 Å². The summed E-state index contributed by atoms with van der Waals surface area (Å²) >= 11 is -2.19. The Morgan fingerprint density at radius 2 is 1.58 bits per heavy atom. The van der Waals surface area contributed by atoms with Crippen LogP contribution in [0.4, 0.5) is 0 Å². The van der Waals surface area contributed by atoms with Crippen LogP contribution in [0.1, 0.15) is 79.6 Å². The first-order valence-electron chi connectivity index (χ1n) is 10.9. The number of carbonyl (C=O) groups is 1. The minimum absolute atomic E-state index is 0.00693. The van der Waals surface area contributed by atoms with Crippen LogP contribution in [0.5, 0.6) is 0 Å². The third kappa shape index (κ3) is 7.78. The molecule has 2 atom stereocenters. The van der Waals surface area contributed by atoms with Crippen molar-refractivity contribution in [3.8, 4) is 0 Å². The SMILES string of the molecule is C=C(C[C@H]1OC(=O)C=C(C)[C@@H]1C)[CH2][Sn]([CH2]CCC)([CH2]CCC)[CH2]CCC. The summed E-state index contributed by atoms with van der Waals surface area (Å²) in [6.45, 7) is 15.7. The fraction of sp³-hybridized carbons (Fsp3) is 0.783. The summed E-state index contributed by atoms with van der Waals surface area (Å²) in [5, 5.41) is 0. The summed E-state index contributed by atoms with van der Waals surface area (Å²) in [6.07, 6.45) is 10.6. The van der Waals surface area contributed by atoms with Gasteiger partial charge in [-0.2, -0.15) is 0 Å². The van der Waals surface area contributed by atoms with Crippen molar-refractivity contribution < 1.29 is 9.53 Å². The van der Waals surface area contributed by atoms with Crippen LogP contribution in [-0.4, -0.2) is 30.5 Å². The number of carbonyl (C=O) groups excluding carboxylic acids is 1. The zero-order valence-electron chi connectivity index (χ0n) is 18.0. The summed E-state index contributed by atoms with van der Waals surface area (Å²) in [5.74, 6) is 0.145. The predicted octanol–water partition coefficient (Wildman–Crippen LogP) is 7.29. The molecule has 0 saturated carbocycles. The fourth-order valence-corrected chi connectivity index (χ4v) is 20.8. The van der Waals surface area contributed by atoms with Crippen LogP contribution in [0.25, 0.3) is 0 Å². The van der Waals surface area contributed by atoms with Crippen molar-refractivity contribution in [2.75, 3.05) is 0 Å². The van der Waals surface area contributed by atoms with Gasteiger partial charge in [0.05, 0.1) is 0 Å². The minimum atomic E-state index is -2.19. The standard InChI is InChI=1S/C11H15O2.3C4H9.Sn/c1-7(2)5-10-9(4)8(3)6-11(12)13-10;3*1-3-4-2;/h6,9-10H,1-2,5H2,3-4H3;3*1,3-4H2,2H3;/t9-,10+;;;;/m0..../s1. The summed E-state index contributed by atoms with van der Waals surface area (Å²) in [4.78, 5) is 11.8. The molecule has 0 bridgehead atoms. The Kier molecular flexibility index (Phi) is 11.2. The molecule has 1 aliphatic rings. The number of hydrogen-bond acceptors (Lipinski definition) is 2. The van der Waals surface area contributed by atoms with E-state index in [4.69, 9.17) is 4.74 Å². The topological polar surface area (TPSA) is 26.3 Å². The molecule has 0 spiro atoms. The van der Waals surface area contributed by atoms with Gasteiger partial charge in [-0.05, 0) is 0 Å². The van der Waals surface area contributed by atoms with E-state index in [1.165, 1.54) is 61.8 Å². The van der Waals surface area contributed by atoms with Crippen LogP contribution in [0.15, 0.2) is 23.8 Å².